The number of nitrogens with zero attached hydrogens (tertiary/aromatic N) is 2. The minimum absolute atomic E-state index is 0.0627. The van der Waals surface area contributed by atoms with E-state index in [2.05, 4.69) is 31.3 Å². The summed E-state index contributed by atoms with van der Waals surface area (Å²) in [7, 11) is 0. The fourth-order valence-electron chi connectivity index (χ4n) is 3.37. The lowest BCUT2D eigenvalue weighted by atomic mass is 10.0. The van der Waals surface area contributed by atoms with E-state index >= 15 is 0 Å². The second-order valence-electron chi connectivity index (χ2n) is 7.42. The lowest BCUT2D eigenvalue weighted by Gasteiger charge is -2.19. The lowest BCUT2D eigenvalue weighted by molar-refractivity contribution is -0.116. The van der Waals surface area contributed by atoms with Gasteiger partial charge in [-0.2, -0.15) is 0 Å². The van der Waals surface area contributed by atoms with Crippen LogP contribution in [-0.4, -0.2) is 36.5 Å². The number of rotatable bonds is 5. The van der Waals surface area contributed by atoms with Crippen LogP contribution in [0.4, 0.5) is 16.2 Å². The van der Waals surface area contributed by atoms with Gasteiger partial charge in [-0.05, 0) is 48.6 Å². The van der Waals surface area contributed by atoms with E-state index in [0.717, 1.165) is 22.5 Å². The van der Waals surface area contributed by atoms with Gasteiger partial charge in [0.25, 0.3) is 0 Å². The minimum Gasteiger partial charge on any atom is -0.324 e. The monoisotopic (exact) mass is 365 g/mol. The van der Waals surface area contributed by atoms with Crippen molar-refractivity contribution < 1.29 is 9.59 Å². The van der Waals surface area contributed by atoms with Crippen molar-refractivity contribution in [3.8, 4) is 0 Å². The number of anilines is 2. The number of urea groups is 1. The molecule has 27 heavy (non-hydrogen) atoms. The molecule has 0 unspecified atom stereocenters. The van der Waals surface area contributed by atoms with Crippen LogP contribution in [0, 0.1) is 13.8 Å². The summed E-state index contributed by atoms with van der Waals surface area (Å²) in [6.07, 6.45) is 0. The maximum Gasteiger partial charge on any atom is 0.325 e. The van der Waals surface area contributed by atoms with Gasteiger partial charge in [0, 0.05) is 24.5 Å². The predicted octanol–water partition coefficient (Wildman–Crippen LogP) is 4.31. The average molecular weight is 365 g/mol. The van der Waals surface area contributed by atoms with E-state index in [0.29, 0.717) is 19.0 Å². The van der Waals surface area contributed by atoms with Gasteiger partial charge >= 0.3 is 6.03 Å². The van der Waals surface area contributed by atoms with Crippen molar-refractivity contribution in [2.45, 2.75) is 33.6 Å². The molecule has 1 aliphatic rings. The Kier molecular flexibility index (Phi) is 5.49. The zero-order chi connectivity index (χ0) is 19.6. The highest BCUT2D eigenvalue weighted by Gasteiger charge is 2.31. The molecule has 0 aliphatic carbocycles. The molecule has 1 heterocycles. The van der Waals surface area contributed by atoms with E-state index in [1.807, 2.05) is 44.2 Å². The van der Waals surface area contributed by atoms with E-state index in [9.17, 15) is 9.59 Å². The highest BCUT2D eigenvalue weighted by molar-refractivity contribution is 5.99. The number of carbonyl (C=O) groups is 2. The van der Waals surface area contributed by atoms with E-state index in [1.165, 1.54) is 5.56 Å². The van der Waals surface area contributed by atoms with Gasteiger partial charge in [0.15, 0.2) is 0 Å². The first-order chi connectivity index (χ1) is 12.9. The number of benzene rings is 2. The van der Waals surface area contributed by atoms with Gasteiger partial charge in [0.05, 0.1) is 0 Å². The van der Waals surface area contributed by atoms with Crippen LogP contribution in [0.1, 0.15) is 36.5 Å². The van der Waals surface area contributed by atoms with E-state index in [-0.39, 0.29) is 18.5 Å². The molecule has 1 saturated heterocycles. The molecule has 1 fully saturated rings. The van der Waals surface area contributed by atoms with Crippen molar-refractivity contribution in [1.82, 2.24) is 4.90 Å². The maximum atomic E-state index is 12.7. The molecule has 2 aromatic rings. The van der Waals surface area contributed by atoms with Gasteiger partial charge in [-0.15, -0.1) is 0 Å². The smallest absolute Gasteiger partial charge is 0.324 e. The normalized spacial score (nSPS) is 14.2. The summed E-state index contributed by atoms with van der Waals surface area (Å²) >= 11 is 0. The molecular weight excluding hydrogens is 338 g/mol. The zero-order valence-corrected chi connectivity index (χ0v) is 16.5. The van der Waals surface area contributed by atoms with Crippen LogP contribution in [0.3, 0.4) is 0 Å². The molecule has 142 valence electrons. The second kappa shape index (κ2) is 7.82. The average Bonchev–Trinajstić information content (AvgIpc) is 2.99. The largest absolute Gasteiger partial charge is 0.325 e. The standard InChI is InChI=1S/C22H27N3O2/c1-15(2)18-8-10-19(11-9-18)25-13-12-24(22(25)27)14-20(26)23-21-16(3)6-5-7-17(21)4/h5-11,15H,12-14H2,1-4H3,(H,23,26). The Balaban J connectivity index is 1.64. The van der Waals surface area contributed by atoms with Crippen LogP contribution in [-0.2, 0) is 4.79 Å². The summed E-state index contributed by atoms with van der Waals surface area (Å²) in [5.41, 5.74) is 4.98. The number of aryl methyl sites for hydroxylation is 2. The summed E-state index contributed by atoms with van der Waals surface area (Å²) in [5.74, 6) is 0.288. The number of hydrogen-bond acceptors (Lipinski definition) is 2. The topological polar surface area (TPSA) is 52.7 Å². The summed E-state index contributed by atoms with van der Waals surface area (Å²) < 4.78 is 0. The molecule has 5 heteroatoms. The molecule has 3 rings (SSSR count). The molecule has 1 aliphatic heterocycles. The van der Waals surface area contributed by atoms with Gasteiger partial charge in [-0.1, -0.05) is 44.2 Å². The van der Waals surface area contributed by atoms with Crippen LogP contribution in [0.5, 0.6) is 0 Å². The summed E-state index contributed by atoms with van der Waals surface area (Å²) in [6, 6.07) is 13.9. The number of carbonyl (C=O) groups excluding carboxylic acids is 2. The van der Waals surface area contributed by atoms with Gasteiger partial charge in [-0.3, -0.25) is 9.69 Å². The summed E-state index contributed by atoms with van der Waals surface area (Å²) in [6.45, 7) is 9.42. The molecule has 2 aromatic carbocycles. The molecular formula is C22H27N3O2. The molecule has 0 radical (unpaired) electrons. The first kappa shape index (κ1) is 19.0. The quantitative estimate of drug-likeness (QED) is 0.858. The first-order valence-electron chi connectivity index (χ1n) is 9.39. The number of nitrogens with one attached hydrogen (secondary N) is 1. The van der Waals surface area contributed by atoms with Crippen molar-refractivity contribution in [1.29, 1.82) is 0 Å². The van der Waals surface area contributed by atoms with Crippen molar-refractivity contribution in [2.75, 3.05) is 29.9 Å². The SMILES string of the molecule is Cc1cccc(C)c1NC(=O)CN1CCN(c2ccc(C(C)C)cc2)C1=O. The maximum absolute atomic E-state index is 12.7. The Labute approximate surface area is 161 Å². The number of para-hydroxylation sites is 1. The molecule has 3 amide bonds. The minimum atomic E-state index is -0.169. The highest BCUT2D eigenvalue weighted by atomic mass is 16.2. The molecule has 0 bridgehead atoms. The van der Waals surface area contributed by atoms with Crippen LogP contribution in [0.2, 0.25) is 0 Å². The van der Waals surface area contributed by atoms with E-state index < -0.39 is 0 Å². The van der Waals surface area contributed by atoms with Gasteiger partial charge < -0.3 is 10.2 Å². The Bertz CT molecular complexity index is 823. The lowest BCUT2D eigenvalue weighted by Crippen LogP contribution is -2.37. The Morgan fingerprint density at radius 2 is 1.67 bits per heavy atom. The molecule has 0 spiro atoms. The van der Waals surface area contributed by atoms with E-state index in [4.69, 9.17) is 0 Å². The Hall–Kier alpha value is -2.82. The van der Waals surface area contributed by atoms with Crippen molar-refractivity contribution in [3.63, 3.8) is 0 Å². The van der Waals surface area contributed by atoms with Gasteiger partial charge in [0.2, 0.25) is 5.91 Å². The molecule has 0 aromatic heterocycles. The van der Waals surface area contributed by atoms with Crippen LogP contribution >= 0.6 is 0 Å². The number of hydrogen-bond donors (Lipinski definition) is 1. The van der Waals surface area contributed by atoms with Crippen LogP contribution in [0.15, 0.2) is 42.5 Å². The predicted molar refractivity (Wildman–Crippen MR) is 109 cm³/mol. The van der Waals surface area contributed by atoms with Gasteiger partial charge in [0.1, 0.15) is 6.54 Å². The second-order valence-corrected chi connectivity index (χ2v) is 7.42. The first-order valence-corrected chi connectivity index (χ1v) is 9.39. The molecule has 1 N–H and O–H groups in total. The third kappa shape index (κ3) is 4.13. The molecule has 5 nitrogen and oxygen atoms in total. The highest BCUT2D eigenvalue weighted by Crippen LogP contribution is 2.24. The fourth-order valence-corrected chi connectivity index (χ4v) is 3.37. The van der Waals surface area contributed by atoms with Crippen molar-refractivity contribution in [2.24, 2.45) is 0 Å². The fraction of sp³-hybridized carbons (Fsp3) is 0.364. The summed E-state index contributed by atoms with van der Waals surface area (Å²) in [5, 5.41) is 2.95. The van der Waals surface area contributed by atoms with E-state index in [1.54, 1.807) is 9.80 Å². The molecule has 0 atom stereocenters. The summed E-state index contributed by atoms with van der Waals surface area (Å²) in [4.78, 5) is 28.5. The van der Waals surface area contributed by atoms with Crippen molar-refractivity contribution >= 4 is 23.3 Å². The Morgan fingerprint density at radius 1 is 1.04 bits per heavy atom. The zero-order valence-electron chi connectivity index (χ0n) is 16.5. The van der Waals surface area contributed by atoms with Crippen LogP contribution < -0.4 is 10.2 Å². The third-order valence-electron chi connectivity index (χ3n) is 5.05. The van der Waals surface area contributed by atoms with Crippen molar-refractivity contribution in [3.05, 3.63) is 59.2 Å². The van der Waals surface area contributed by atoms with Gasteiger partial charge in [-0.25, -0.2) is 4.79 Å². The number of amides is 3. The Morgan fingerprint density at radius 3 is 2.26 bits per heavy atom. The van der Waals surface area contributed by atoms with Crippen LogP contribution in [0.25, 0.3) is 0 Å². The third-order valence-corrected chi connectivity index (χ3v) is 5.05. The molecule has 0 saturated carbocycles.